The molecule has 5 heteroatoms. The molecule has 0 bridgehead atoms. The summed E-state index contributed by atoms with van der Waals surface area (Å²) in [7, 11) is 1.91. The summed E-state index contributed by atoms with van der Waals surface area (Å²) in [5.41, 5.74) is 4.58. The summed E-state index contributed by atoms with van der Waals surface area (Å²) in [5, 5.41) is 7.63. The molecule has 1 N–H and O–H groups in total. The van der Waals surface area contributed by atoms with E-state index in [9.17, 15) is 0 Å². The van der Waals surface area contributed by atoms with E-state index in [0.717, 1.165) is 30.0 Å². The Morgan fingerprint density at radius 1 is 1.19 bits per heavy atom. The molecule has 0 unspecified atom stereocenters. The fraction of sp³-hybridized carbons (Fsp3) is 0.318. The molecule has 5 nitrogen and oxygen atoms in total. The Morgan fingerprint density at radius 2 is 2.04 bits per heavy atom. The molecular weight excluding hydrogens is 338 g/mol. The molecule has 4 rings (SSSR count). The van der Waals surface area contributed by atoms with Crippen LogP contribution in [0.1, 0.15) is 24.2 Å². The van der Waals surface area contributed by atoms with Crippen molar-refractivity contribution < 1.29 is 9.47 Å². The average Bonchev–Trinajstić information content (AvgIpc) is 3.12. The van der Waals surface area contributed by atoms with Crippen LogP contribution in [0, 0.1) is 0 Å². The van der Waals surface area contributed by atoms with Crippen molar-refractivity contribution in [1.29, 1.82) is 0 Å². The van der Waals surface area contributed by atoms with E-state index in [2.05, 4.69) is 53.7 Å². The van der Waals surface area contributed by atoms with Crippen LogP contribution >= 0.6 is 0 Å². The van der Waals surface area contributed by atoms with Crippen LogP contribution in [-0.2, 0) is 18.4 Å². The molecule has 140 valence electrons. The summed E-state index contributed by atoms with van der Waals surface area (Å²) in [6.07, 6.45) is 3.90. The van der Waals surface area contributed by atoms with Crippen molar-refractivity contribution >= 4 is 0 Å². The Hall–Kier alpha value is -2.63. The fourth-order valence-corrected chi connectivity index (χ4v) is 3.45. The minimum Gasteiger partial charge on any atom is -0.489 e. The predicted molar refractivity (Wildman–Crippen MR) is 106 cm³/mol. The molecule has 1 fully saturated rings. The summed E-state index contributed by atoms with van der Waals surface area (Å²) < 4.78 is 13.6. The van der Waals surface area contributed by atoms with Gasteiger partial charge in [0.1, 0.15) is 12.4 Å². The van der Waals surface area contributed by atoms with Gasteiger partial charge in [-0.15, -0.1) is 0 Å². The second-order valence-corrected chi connectivity index (χ2v) is 6.99. The predicted octanol–water partition coefficient (Wildman–Crippen LogP) is 3.72. The third-order valence-corrected chi connectivity index (χ3v) is 4.89. The van der Waals surface area contributed by atoms with Gasteiger partial charge in [-0.3, -0.25) is 4.68 Å². The Bertz CT molecular complexity index is 889. The van der Waals surface area contributed by atoms with Crippen molar-refractivity contribution in [3.05, 3.63) is 72.1 Å². The molecule has 1 aromatic heterocycles. The molecule has 0 spiro atoms. The molecule has 0 radical (unpaired) electrons. The topological polar surface area (TPSA) is 48.3 Å². The van der Waals surface area contributed by atoms with Crippen LogP contribution in [0.2, 0.25) is 0 Å². The van der Waals surface area contributed by atoms with Crippen molar-refractivity contribution in [2.75, 3.05) is 13.2 Å². The molecule has 3 aromatic rings. The lowest BCUT2D eigenvalue weighted by atomic mass is 9.98. The van der Waals surface area contributed by atoms with E-state index in [1.165, 1.54) is 11.1 Å². The van der Waals surface area contributed by atoms with Crippen molar-refractivity contribution in [3.8, 4) is 16.9 Å². The molecule has 0 saturated carbocycles. The summed E-state index contributed by atoms with van der Waals surface area (Å²) in [6, 6.07) is 17.1. The highest BCUT2D eigenvalue weighted by Gasteiger charge is 2.23. The summed E-state index contributed by atoms with van der Waals surface area (Å²) in [5.74, 6) is 0.855. The molecule has 1 aliphatic rings. The van der Waals surface area contributed by atoms with E-state index in [4.69, 9.17) is 9.47 Å². The fourth-order valence-electron chi connectivity index (χ4n) is 3.45. The van der Waals surface area contributed by atoms with Crippen LogP contribution in [0.5, 0.6) is 5.75 Å². The van der Waals surface area contributed by atoms with Gasteiger partial charge in [0.2, 0.25) is 0 Å². The normalized spacial score (nSPS) is 19.8. The van der Waals surface area contributed by atoms with Gasteiger partial charge in [-0.25, -0.2) is 0 Å². The summed E-state index contributed by atoms with van der Waals surface area (Å²) >= 11 is 0. The number of aromatic nitrogens is 2. The van der Waals surface area contributed by atoms with Gasteiger partial charge in [-0.05, 0) is 35.7 Å². The van der Waals surface area contributed by atoms with E-state index < -0.39 is 0 Å². The van der Waals surface area contributed by atoms with Crippen molar-refractivity contribution in [2.24, 2.45) is 7.05 Å². The maximum absolute atomic E-state index is 5.93. The number of hydrogen-bond acceptors (Lipinski definition) is 4. The molecule has 2 heterocycles. The first-order chi connectivity index (χ1) is 13.2. The number of hydrogen-bond donors (Lipinski definition) is 1. The molecule has 27 heavy (non-hydrogen) atoms. The summed E-state index contributed by atoms with van der Waals surface area (Å²) in [4.78, 5) is 0. The number of aryl methyl sites for hydroxylation is 1. The lowest BCUT2D eigenvalue weighted by molar-refractivity contribution is -0.000215. The smallest absolute Gasteiger partial charge is 0.120 e. The first kappa shape index (κ1) is 17.8. The van der Waals surface area contributed by atoms with Crippen molar-refractivity contribution in [1.82, 2.24) is 15.1 Å². The standard InChI is InChI=1S/C22H25N3O2/c1-16-22(26-11-10-23-16)19-8-6-18(7-9-19)20-4-3-5-21(12-20)27-15-17-13-24-25(2)14-17/h3-9,12-14,16,22-23H,10-11,15H2,1-2H3/t16-,22+/m0/s1. The van der Waals surface area contributed by atoms with Gasteiger partial charge < -0.3 is 14.8 Å². The van der Waals surface area contributed by atoms with Gasteiger partial charge >= 0.3 is 0 Å². The number of nitrogens with one attached hydrogen (secondary N) is 1. The SMILES string of the molecule is C[C@@H]1NCCO[C@H]1c1ccc(-c2cccc(OCc3cnn(C)c3)c2)cc1. The number of morpholine rings is 1. The van der Waals surface area contributed by atoms with E-state index in [1.807, 2.05) is 31.6 Å². The quantitative estimate of drug-likeness (QED) is 0.751. The van der Waals surface area contributed by atoms with E-state index in [-0.39, 0.29) is 6.10 Å². The lowest BCUT2D eigenvalue weighted by Gasteiger charge is -2.30. The Morgan fingerprint density at radius 3 is 2.78 bits per heavy atom. The molecule has 2 atom stereocenters. The third-order valence-electron chi connectivity index (χ3n) is 4.89. The second-order valence-electron chi connectivity index (χ2n) is 6.99. The average molecular weight is 363 g/mol. The van der Waals surface area contributed by atoms with Crippen LogP contribution in [0.15, 0.2) is 60.9 Å². The van der Waals surface area contributed by atoms with Gasteiger partial charge in [0.25, 0.3) is 0 Å². The highest BCUT2D eigenvalue weighted by atomic mass is 16.5. The number of rotatable bonds is 5. The van der Waals surface area contributed by atoms with Crippen LogP contribution < -0.4 is 10.1 Å². The molecule has 1 saturated heterocycles. The summed E-state index contributed by atoms with van der Waals surface area (Å²) in [6.45, 7) is 4.36. The maximum Gasteiger partial charge on any atom is 0.120 e. The third kappa shape index (κ3) is 4.21. The van der Waals surface area contributed by atoms with Gasteiger partial charge in [0, 0.05) is 31.4 Å². The van der Waals surface area contributed by atoms with Crippen LogP contribution in [0.25, 0.3) is 11.1 Å². The number of nitrogens with zero attached hydrogens (tertiary/aromatic N) is 2. The largest absolute Gasteiger partial charge is 0.489 e. The Balaban J connectivity index is 1.46. The Kier molecular flexibility index (Phi) is 5.23. The van der Waals surface area contributed by atoms with Crippen LogP contribution in [-0.4, -0.2) is 29.0 Å². The van der Waals surface area contributed by atoms with Gasteiger partial charge in [-0.1, -0.05) is 36.4 Å². The minimum absolute atomic E-state index is 0.113. The first-order valence-electron chi connectivity index (χ1n) is 9.35. The van der Waals surface area contributed by atoms with E-state index >= 15 is 0 Å². The van der Waals surface area contributed by atoms with Crippen molar-refractivity contribution in [2.45, 2.75) is 25.7 Å². The zero-order valence-corrected chi connectivity index (χ0v) is 15.8. The van der Waals surface area contributed by atoms with Crippen LogP contribution in [0.4, 0.5) is 0 Å². The van der Waals surface area contributed by atoms with Crippen LogP contribution in [0.3, 0.4) is 0 Å². The van der Waals surface area contributed by atoms with Gasteiger partial charge in [-0.2, -0.15) is 5.10 Å². The number of benzene rings is 2. The molecular formula is C22H25N3O2. The van der Waals surface area contributed by atoms with Gasteiger partial charge in [0.05, 0.1) is 18.9 Å². The zero-order valence-electron chi connectivity index (χ0n) is 15.8. The second kappa shape index (κ2) is 7.94. The lowest BCUT2D eigenvalue weighted by Crippen LogP contribution is -2.41. The first-order valence-corrected chi connectivity index (χ1v) is 9.35. The highest BCUT2D eigenvalue weighted by Crippen LogP contribution is 2.28. The zero-order chi connectivity index (χ0) is 18.6. The minimum atomic E-state index is 0.113. The molecule has 2 aromatic carbocycles. The number of ether oxygens (including phenoxy) is 2. The monoisotopic (exact) mass is 363 g/mol. The van der Waals surface area contributed by atoms with Crippen molar-refractivity contribution in [3.63, 3.8) is 0 Å². The molecule has 1 aliphatic heterocycles. The Labute approximate surface area is 159 Å². The molecule has 0 aliphatic carbocycles. The maximum atomic E-state index is 5.93. The van der Waals surface area contributed by atoms with Gasteiger partial charge in [0.15, 0.2) is 0 Å². The highest BCUT2D eigenvalue weighted by molar-refractivity contribution is 5.65. The van der Waals surface area contributed by atoms with E-state index in [1.54, 1.807) is 4.68 Å². The molecule has 0 amide bonds. The van der Waals surface area contributed by atoms with E-state index in [0.29, 0.717) is 12.6 Å².